The zero-order valence-electron chi connectivity index (χ0n) is 8.73. The fraction of sp³-hybridized carbons (Fsp3) is 0.273. The highest BCUT2D eigenvalue weighted by atomic mass is 79.9. The smallest absolute Gasteiger partial charge is 0.120 e. The number of nitrogens with one attached hydrogen (secondary N) is 1. The van der Waals surface area contributed by atoms with Gasteiger partial charge in [-0.15, -0.1) is 0 Å². The van der Waals surface area contributed by atoms with Crippen LogP contribution in [0, 0.1) is 6.92 Å². The molecule has 0 radical (unpaired) electrons. The predicted octanol–water partition coefficient (Wildman–Crippen LogP) is 2.71. The van der Waals surface area contributed by atoms with Gasteiger partial charge in [0, 0.05) is 22.1 Å². The molecule has 2 aromatic rings. The molecule has 2 rings (SSSR count). The van der Waals surface area contributed by atoms with Crippen LogP contribution in [0.2, 0.25) is 0 Å². The minimum atomic E-state index is 0.533. The van der Waals surface area contributed by atoms with E-state index in [1.165, 1.54) is 0 Å². The number of fused-ring (bicyclic) bond motifs is 1. The van der Waals surface area contributed by atoms with Gasteiger partial charge in [0.25, 0.3) is 0 Å². The highest BCUT2D eigenvalue weighted by Gasteiger charge is 2.10. The van der Waals surface area contributed by atoms with Gasteiger partial charge < -0.3 is 15.5 Å². The van der Waals surface area contributed by atoms with Crippen LogP contribution in [0.3, 0.4) is 0 Å². The minimum absolute atomic E-state index is 0.533. The lowest BCUT2D eigenvalue weighted by Crippen LogP contribution is -1.96. The van der Waals surface area contributed by atoms with E-state index in [0.717, 1.165) is 32.4 Å². The molecule has 0 spiro atoms. The van der Waals surface area contributed by atoms with Crippen molar-refractivity contribution in [2.45, 2.75) is 13.5 Å². The molecule has 0 aliphatic rings. The Bertz CT molecular complexity index is 505. The molecule has 0 bridgehead atoms. The first-order valence-corrected chi connectivity index (χ1v) is 5.51. The number of halogens is 1. The Labute approximate surface area is 96.7 Å². The zero-order valence-corrected chi connectivity index (χ0v) is 10.3. The number of hydrogen-bond donors (Lipinski definition) is 2. The lowest BCUT2D eigenvalue weighted by molar-refractivity contribution is 0.415. The molecule has 1 aromatic heterocycles. The second-order valence-corrected chi connectivity index (χ2v) is 4.32. The molecular formula is C11H13BrN2O. The quantitative estimate of drug-likeness (QED) is 0.880. The van der Waals surface area contributed by atoms with Crippen LogP contribution < -0.4 is 10.5 Å². The summed E-state index contributed by atoms with van der Waals surface area (Å²) in [7, 11) is 1.66. The molecule has 1 aromatic carbocycles. The summed E-state index contributed by atoms with van der Waals surface area (Å²) in [5.74, 6) is 0.836. The van der Waals surface area contributed by atoms with Crippen LogP contribution in [0.1, 0.15) is 11.3 Å². The largest absolute Gasteiger partial charge is 0.497 e. The molecule has 80 valence electrons. The van der Waals surface area contributed by atoms with E-state index < -0.39 is 0 Å². The van der Waals surface area contributed by atoms with Gasteiger partial charge in [0.05, 0.1) is 12.6 Å². The standard InChI is InChI=1S/C11H13BrN2O/c1-6-9(5-13)8-3-7(15-2)4-10(12)11(8)14-6/h3-4,14H,5,13H2,1-2H3. The first-order valence-electron chi connectivity index (χ1n) is 4.72. The average Bonchev–Trinajstić information content (AvgIpc) is 2.54. The van der Waals surface area contributed by atoms with Crippen LogP contribution in [0.15, 0.2) is 16.6 Å². The number of aromatic nitrogens is 1. The third-order valence-corrected chi connectivity index (χ3v) is 3.22. The highest BCUT2D eigenvalue weighted by Crippen LogP contribution is 2.32. The highest BCUT2D eigenvalue weighted by molar-refractivity contribution is 9.10. The van der Waals surface area contributed by atoms with E-state index >= 15 is 0 Å². The molecule has 0 amide bonds. The Morgan fingerprint density at radius 3 is 2.80 bits per heavy atom. The number of benzene rings is 1. The molecule has 0 aliphatic carbocycles. The van der Waals surface area contributed by atoms with Crippen molar-refractivity contribution in [2.24, 2.45) is 5.73 Å². The van der Waals surface area contributed by atoms with Crippen molar-refractivity contribution in [1.82, 2.24) is 4.98 Å². The van der Waals surface area contributed by atoms with Crippen molar-refractivity contribution in [3.8, 4) is 5.75 Å². The summed E-state index contributed by atoms with van der Waals surface area (Å²) in [6.07, 6.45) is 0. The van der Waals surface area contributed by atoms with Gasteiger partial charge in [-0.05, 0) is 40.5 Å². The number of ether oxygens (including phenoxy) is 1. The Morgan fingerprint density at radius 1 is 1.47 bits per heavy atom. The molecule has 0 fully saturated rings. The Hall–Kier alpha value is -1.00. The maximum absolute atomic E-state index is 5.73. The van der Waals surface area contributed by atoms with Crippen molar-refractivity contribution < 1.29 is 4.74 Å². The summed E-state index contributed by atoms with van der Waals surface area (Å²) in [4.78, 5) is 3.32. The Morgan fingerprint density at radius 2 is 2.20 bits per heavy atom. The van der Waals surface area contributed by atoms with E-state index in [9.17, 15) is 0 Å². The van der Waals surface area contributed by atoms with Gasteiger partial charge in [0.15, 0.2) is 0 Å². The summed E-state index contributed by atoms with van der Waals surface area (Å²) in [6, 6.07) is 3.95. The molecule has 0 aliphatic heterocycles. The molecule has 4 heteroatoms. The average molecular weight is 269 g/mol. The first-order chi connectivity index (χ1) is 7.17. The van der Waals surface area contributed by atoms with Gasteiger partial charge >= 0.3 is 0 Å². The Balaban J connectivity index is 2.80. The first kappa shape index (κ1) is 10.5. The molecule has 3 N–H and O–H groups in total. The topological polar surface area (TPSA) is 51.0 Å². The van der Waals surface area contributed by atoms with Crippen molar-refractivity contribution in [3.63, 3.8) is 0 Å². The van der Waals surface area contributed by atoms with Crippen LogP contribution in [0.5, 0.6) is 5.75 Å². The molecule has 3 nitrogen and oxygen atoms in total. The third-order valence-electron chi connectivity index (χ3n) is 2.59. The second kappa shape index (κ2) is 3.87. The van der Waals surface area contributed by atoms with E-state index in [-0.39, 0.29) is 0 Å². The molecular weight excluding hydrogens is 256 g/mol. The van der Waals surface area contributed by atoms with Gasteiger partial charge in [-0.25, -0.2) is 0 Å². The fourth-order valence-corrected chi connectivity index (χ4v) is 2.33. The number of hydrogen-bond acceptors (Lipinski definition) is 2. The molecule has 0 unspecified atom stereocenters. The van der Waals surface area contributed by atoms with Crippen molar-refractivity contribution in [2.75, 3.05) is 7.11 Å². The lowest BCUT2D eigenvalue weighted by atomic mass is 10.1. The number of rotatable bonds is 2. The van der Waals surface area contributed by atoms with Crippen molar-refractivity contribution >= 4 is 26.8 Å². The Kier molecular flexibility index (Phi) is 2.71. The summed E-state index contributed by atoms with van der Waals surface area (Å²) < 4.78 is 6.23. The monoisotopic (exact) mass is 268 g/mol. The summed E-state index contributed by atoms with van der Waals surface area (Å²) in [6.45, 7) is 2.56. The summed E-state index contributed by atoms with van der Waals surface area (Å²) in [5, 5.41) is 1.13. The van der Waals surface area contributed by atoms with Crippen LogP contribution >= 0.6 is 15.9 Å². The van der Waals surface area contributed by atoms with E-state index in [1.54, 1.807) is 7.11 Å². The summed E-state index contributed by atoms with van der Waals surface area (Å²) in [5.41, 5.74) is 9.06. The van der Waals surface area contributed by atoms with E-state index in [0.29, 0.717) is 6.54 Å². The molecule has 0 saturated carbocycles. The maximum Gasteiger partial charge on any atom is 0.120 e. The predicted molar refractivity (Wildman–Crippen MR) is 65.2 cm³/mol. The number of aryl methyl sites for hydroxylation is 1. The van der Waals surface area contributed by atoms with Gasteiger partial charge in [0.1, 0.15) is 5.75 Å². The van der Waals surface area contributed by atoms with Gasteiger partial charge in [-0.2, -0.15) is 0 Å². The van der Waals surface area contributed by atoms with Gasteiger partial charge in [-0.3, -0.25) is 0 Å². The lowest BCUT2D eigenvalue weighted by Gasteiger charge is -2.02. The summed E-state index contributed by atoms with van der Waals surface area (Å²) >= 11 is 3.51. The van der Waals surface area contributed by atoms with E-state index in [1.807, 2.05) is 19.1 Å². The molecule has 1 heterocycles. The van der Waals surface area contributed by atoms with Gasteiger partial charge in [0.2, 0.25) is 0 Å². The third kappa shape index (κ3) is 1.64. The second-order valence-electron chi connectivity index (χ2n) is 3.46. The molecule has 0 saturated heterocycles. The molecule has 0 atom stereocenters. The fourth-order valence-electron chi connectivity index (χ4n) is 1.79. The van der Waals surface area contributed by atoms with E-state index in [4.69, 9.17) is 10.5 Å². The van der Waals surface area contributed by atoms with Crippen molar-refractivity contribution in [1.29, 1.82) is 0 Å². The van der Waals surface area contributed by atoms with Crippen LogP contribution in [0.25, 0.3) is 10.9 Å². The molecule has 15 heavy (non-hydrogen) atoms. The van der Waals surface area contributed by atoms with Gasteiger partial charge in [-0.1, -0.05) is 0 Å². The normalized spacial score (nSPS) is 10.9. The maximum atomic E-state index is 5.73. The minimum Gasteiger partial charge on any atom is -0.497 e. The van der Waals surface area contributed by atoms with Crippen LogP contribution in [-0.4, -0.2) is 12.1 Å². The van der Waals surface area contributed by atoms with E-state index in [2.05, 4.69) is 20.9 Å². The number of methoxy groups -OCH3 is 1. The van der Waals surface area contributed by atoms with Crippen molar-refractivity contribution in [3.05, 3.63) is 27.9 Å². The SMILES string of the molecule is COc1cc(Br)c2[nH]c(C)c(CN)c2c1. The number of nitrogens with two attached hydrogens (primary N) is 1. The zero-order chi connectivity index (χ0) is 11.0. The number of H-pyrrole nitrogens is 1. The van der Waals surface area contributed by atoms with Crippen LogP contribution in [-0.2, 0) is 6.54 Å². The number of aromatic amines is 1. The van der Waals surface area contributed by atoms with Crippen LogP contribution in [0.4, 0.5) is 0 Å².